The van der Waals surface area contributed by atoms with Gasteiger partial charge in [-0.25, -0.2) is 4.99 Å². The number of carbonyl (C=O) groups is 1. The molecule has 4 aromatic carbocycles. The van der Waals surface area contributed by atoms with Crippen molar-refractivity contribution in [1.29, 1.82) is 0 Å². The first kappa shape index (κ1) is 32.1. The Balaban J connectivity index is 1.40. The molecule has 1 aliphatic rings. The second-order valence-electron chi connectivity index (χ2n) is 10.4. The Hall–Kier alpha value is -3.90. The number of thiazole rings is 1. The van der Waals surface area contributed by atoms with E-state index in [1.54, 1.807) is 36.8 Å². The average molecular weight is 782 g/mol. The van der Waals surface area contributed by atoms with Gasteiger partial charge in [-0.2, -0.15) is 0 Å². The van der Waals surface area contributed by atoms with Crippen molar-refractivity contribution in [3.8, 4) is 11.5 Å². The number of allylic oxidation sites excluding steroid dienone is 1. The number of hydrogen-bond acceptors (Lipinski definition) is 6. The maximum atomic E-state index is 14.1. The summed E-state index contributed by atoms with van der Waals surface area (Å²) in [6, 6.07) is 26.9. The van der Waals surface area contributed by atoms with Crippen LogP contribution in [0.4, 0.5) is 5.69 Å². The lowest BCUT2D eigenvalue weighted by Crippen LogP contribution is -2.40. The highest BCUT2D eigenvalue weighted by Crippen LogP contribution is 2.36. The number of amides is 1. The number of rotatable bonds is 8. The predicted octanol–water partition coefficient (Wildman–Crippen LogP) is 7.37. The van der Waals surface area contributed by atoms with Gasteiger partial charge in [-0.15, -0.1) is 0 Å². The van der Waals surface area contributed by atoms with Gasteiger partial charge in [0.15, 0.2) is 16.3 Å². The molecule has 1 atom stereocenters. The Bertz CT molecular complexity index is 2160. The van der Waals surface area contributed by atoms with Gasteiger partial charge in [0.2, 0.25) is 0 Å². The molecule has 1 aliphatic heterocycles. The van der Waals surface area contributed by atoms with E-state index in [0.29, 0.717) is 47.8 Å². The number of halogens is 3. The fourth-order valence-corrected chi connectivity index (χ4v) is 7.32. The van der Waals surface area contributed by atoms with E-state index < -0.39 is 6.04 Å². The van der Waals surface area contributed by atoms with Crippen molar-refractivity contribution in [3.63, 3.8) is 0 Å². The predicted molar refractivity (Wildman–Crippen MR) is 192 cm³/mol. The highest BCUT2D eigenvalue weighted by atomic mass is 127. The van der Waals surface area contributed by atoms with Crippen molar-refractivity contribution < 1.29 is 14.3 Å². The average Bonchev–Trinajstić information content (AvgIpc) is 3.34. The maximum absolute atomic E-state index is 14.1. The lowest BCUT2D eigenvalue weighted by Gasteiger charge is -2.25. The van der Waals surface area contributed by atoms with E-state index in [1.165, 1.54) is 11.3 Å². The van der Waals surface area contributed by atoms with Crippen molar-refractivity contribution in [2.45, 2.75) is 19.6 Å². The first-order chi connectivity index (χ1) is 22.2. The molecule has 2 heterocycles. The second kappa shape index (κ2) is 13.8. The Morgan fingerprint density at radius 1 is 1.04 bits per heavy atom. The molecule has 0 radical (unpaired) electrons. The van der Waals surface area contributed by atoms with Crippen molar-refractivity contribution >= 4 is 74.8 Å². The number of anilines is 1. The molecule has 0 saturated carbocycles. The van der Waals surface area contributed by atoms with Crippen molar-refractivity contribution in [2.75, 3.05) is 12.4 Å². The van der Waals surface area contributed by atoms with Gasteiger partial charge in [-0.05, 0) is 89.2 Å². The molecule has 0 bridgehead atoms. The number of methoxy groups -OCH3 is 1. The zero-order valence-corrected chi connectivity index (χ0v) is 29.1. The van der Waals surface area contributed by atoms with Crippen LogP contribution in [0.2, 0.25) is 10.0 Å². The van der Waals surface area contributed by atoms with Gasteiger partial charge in [0, 0.05) is 21.3 Å². The zero-order valence-electron chi connectivity index (χ0n) is 24.6. The number of aromatic nitrogens is 1. The molecule has 5 aromatic rings. The van der Waals surface area contributed by atoms with Crippen LogP contribution in [-0.4, -0.2) is 17.6 Å². The number of hydrogen-bond donors (Lipinski definition) is 1. The third-order valence-corrected chi connectivity index (χ3v) is 9.77. The van der Waals surface area contributed by atoms with E-state index in [1.807, 2.05) is 78.9 Å². The molecule has 11 heteroatoms. The minimum absolute atomic E-state index is 0.269. The molecular formula is C35H26Cl2IN3O4S. The maximum Gasteiger partial charge on any atom is 0.271 e. The fraction of sp³-hybridized carbons (Fsp3) is 0.114. The van der Waals surface area contributed by atoms with E-state index in [4.69, 9.17) is 37.7 Å². The second-order valence-corrected chi connectivity index (χ2v) is 13.4. The molecule has 46 heavy (non-hydrogen) atoms. The van der Waals surface area contributed by atoms with Gasteiger partial charge in [0.25, 0.3) is 11.5 Å². The van der Waals surface area contributed by atoms with E-state index >= 15 is 0 Å². The van der Waals surface area contributed by atoms with Crippen molar-refractivity contribution in [3.05, 3.63) is 152 Å². The largest absolute Gasteiger partial charge is 0.493 e. The normalized spacial score (nSPS) is 14.5. The van der Waals surface area contributed by atoms with Crippen LogP contribution in [0.15, 0.2) is 112 Å². The first-order valence-corrected chi connectivity index (χ1v) is 16.8. The number of fused-ring (bicyclic) bond motifs is 1. The summed E-state index contributed by atoms with van der Waals surface area (Å²) in [5.74, 6) is 0.759. The summed E-state index contributed by atoms with van der Waals surface area (Å²) in [5.41, 5.74) is 3.61. The SMILES string of the molecule is COc1cc(C=c2sc3n(c2=O)[C@@H](c2ccc(Cl)cc2)C(C(=O)Nc2ccccc2)=C(C)N=3)cc(I)c1OCc1ccccc1Cl. The number of nitrogens with zero attached hydrogens (tertiary/aromatic N) is 2. The molecular weight excluding hydrogens is 756 g/mol. The molecule has 0 saturated heterocycles. The summed E-state index contributed by atoms with van der Waals surface area (Å²) in [7, 11) is 1.57. The van der Waals surface area contributed by atoms with Gasteiger partial charge >= 0.3 is 0 Å². The number of nitrogens with one attached hydrogen (secondary N) is 1. The standard InChI is InChI=1S/C35H26Cl2IN3O4S/c1-20-30(33(42)40-25-9-4-3-5-10-25)31(22-12-14-24(36)15-13-22)41-34(43)29(46-35(41)39-20)18-21-16-27(38)32(28(17-21)44-2)45-19-23-8-6-7-11-26(23)37/h3-18,31H,19H2,1-2H3,(H,40,42)/t31-/m0/s1. The van der Waals surface area contributed by atoms with Crippen molar-refractivity contribution in [2.24, 2.45) is 4.99 Å². The van der Waals surface area contributed by atoms with E-state index in [9.17, 15) is 9.59 Å². The molecule has 0 aliphatic carbocycles. The third kappa shape index (κ3) is 6.64. The van der Waals surface area contributed by atoms with Crippen LogP contribution in [0.5, 0.6) is 11.5 Å². The summed E-state index contributed by atoms with van der Waals surface area (Å²) >= 11 is 16.0. The lowest BCUT2D eigenvalue weighted by atomic mass is 9.95. The molecule has 1 amide bonds. The molecule has 6 rings (SSSR count). The Kier molecular flexibility index (Phi) is 9.65. The quantitative estimate of drug-likeness (QED) is 0.167. The molecule has 7 nitrogen and oxygen atoms in total. The van der Waals surface area contributed by atoms with Crippen LogP contribution in [-0.2, 0) is 11.4 Å². The smallest absolute Gasteiger partial charge is 0.271 e. The summed E-state index contributed by atoms with van der Waals surface area (Å²) in [4.78, 5) is 33.1. The van der Waals surface area contributed by atoms with Crippen LogP contribution < -0.4 is 29.7 Å². The number of benzene rings is 4. The summed E-state index contributed by atoms with van der Waals surface area (Å²) in [6.45, 7) is 2.06. The minimum atomic E-state index is -0.713. The monoisotopic (exact) mass is 781 g/mol. The van der Waals surface area contributed by atoms with Gasteiger partial charge < -0.3 is 14.8 Å². The fourth-order valence-electron chi connectivity index (χ4n) is 5.17. The summed E-state index contributed by atoms with van der Waals surface area (Å²) in [6.07, 6.45) is 1.80. The Morgan fingerprint density at radius 3 is 2.48 bits per heavy atom. The molecule has 232 valence electrons. The van der Waals surface area contributed by atoms with E-state index in [2.05, 4.69) is 27.9 Å². The van der Waals surface area contributed by atoms with E-state index in [-0.39, 0.29) is 18.1 Å². The van der Waals surface area contributed by atoms with Crippen LogP contribution in [0, 0.1) is 3.57 Å². The Morgan fingerprint density at radius 2 is 1.76 bits per heavy atom. The highest BCUT2D eigenvalue weighted by molar-refractivity contribution is 14.1. The zero-order chi connectivity index (χ0) is 32.4. The van der Waals surface area contributed by atoms with Gasteiger partial charge in [0.1, 0.15) is 6.61 Å². The van der Waals surface area contributed by atoms with Crippen LogP contribution in [0.3, 0.4) is 0 Å². The number of para-hydroxylation sites is 1. The third-order valence-electron chi connectivity index (χ3n) is 7.36. The van der Waals surface area contributed by atoms with Crippen LogP contribution in [0.1, 0.15) is 29.7 Å². The van der Waals surface area contributed by atoms with E-state index in [0.717, 1.165) is 20.3 Å². The van der Waals surface area contributed by atoms with Gasteiger partial charge in [-0.3, -0.25) is 14.2 Å². The lowest BCUT2D eigenvalue weighted by molar-refractivity contribution is -0.113. The van der Waals surface area contributed by atoms with Crippen LogP contribution >= 0.6 is 57.1 Å². The molecule has 1 aromatic heterocycles. The number of carbonyl (C=O) groups excluding carboxylic acids is 1. The van der Waals surface area contributed by atoms with Crippen LogP contribution in [0.25, 0.3) is 6.08 Å². The minimum Gasteiger partial charge on any atom is -0.493 e. The van der Waals surface area contributed by atoms with Gasteiger partial charge in [0.05, 0.1) is 32.5 Å². The highest BCUT2D eigenvalue weighted by Gasteiger charge is 2.32. The molecule has 0 spiro atoms. The molecule has 0 fully saturated rings. The number of ether oxygens (including phenoxy) is 2. The van der Waals surface area contributed by atoms with Crippen molar-refractivity contribution in [1.82, 2.24) is 4.57 Å². The first-order valence-electron chi connectivity index (χ1n) is 14.1. The summed E-state index contributed by atoms with van der Waals surface area (Å²) < 4.78 is 14.6. The molecule has 0 unspecified atom stereocenters. The van der Waals surface area contributed by atoms with Gasteiger partial charge in [-0.1, -0.05) is 83.1 Å². The summed E-state index contributed by atoms with van der Waals surface area (Å²) in [5, 5.41) is 4.13. The topological polar surface area (TPSA) is 81.9 Å². The molecule has 1 N–H and O–H groups in total. The Labute approximate surface area is 292 Å².